The van der Waals surface area contributed by atoms with Crippen molar-refractivity contribution in [2.45, 2.75) is 38.1 Å². The van der Waals surface area contributed by atoms with Crippen molar-refractivity contribution in [1.29, 1.82) is 0 Å². The summed E-state index contributed by atoms with van der Waals surface area (Å²) < 4.78 is 39.8. The second-order valence-corrected chi connectivity index (χ2v) is 9.68. The summed E-state index contributed by atoms with van der Waals surface area (Å²) in [5, 5.41) is 4.03. The predicted octanol–water partition coefficient (Wildman–Crippen LogP) is 4.35. The Morgan fingerprint density at radius 1 is 0.944 bits per heavy atom. The molecule has 0 saturated carbocycles. The maximum atomic E-state index is 13.0. The Labute approximate surface area is 212 Å². The summed E-state index contributed by atoms with van der Waals surface area (Å²) in [5.74, 6) is 0.777. The van der Waals surface area contributed by atoms with Gasteiger partial charge < -0.3 is 9.47 Å². The zero-order valence-electron chi connectivity index (χ0n) is 20.6. The number of sulfonamides is 1. The Bertz CT molecular complexity index is 1280. The second kappa shape index (κ2) is 12.9. The van der Waals surface area contributed by atoms with Crippen LogP contribution in [0.25, 0.3) is 0 Å². The molecule has 0 aliphatic heterocycles. The van der Waals surface area contributed by atoms with Gasteiger partial charge in [-0.2, -0.15) is 5.10 Å². The first kappa shape index (κ1) is 26.9. The van der Waals surface area contributed by atoms with Crippen molar-refractivity contribution in [3.63, 3.8) is 0 Å². The molecular weight excluding hydrogens is 478 g/mol. The van der Waals surface area contributed by atoms with E-state index in [0.717, 1.165) is 5.56 Å². The smallest absolute Gasteiger partial charge is 0.242 e. The van der Waals surface area contributed by atoms with Gasteiger partial charge in [0.2, 0.25) is 15.9 Å². The van der Waals surface area contributed by atoms with Crippen LogP contribution in [0.5, 0.6) is 11.5 Å². The molecule has 8 nitrogen and oxygen atoms in total. The Morgan fingerprint density at radius 2 is 1.61 bits per heavy atom. The van der Waals surface area contributed by atoms with E-state index < -0.39 is 22.0 Å². The first-order valence-electron chi connectivity index (χ1n) is 11.7. The van der Waals surface area contributed by atoms with Gasteiger partial charge in [-0.05, 0) is 62.2 Å². The molecule has 3 aromatic carbocycles. The lowest BCUT2D eigenvalue weighted by molar-refractivity contribution is -0.121. The lowest BCUT2D eigenvalue weighted by Gasteiger charge is -2.18. The van der Waals surface area contributed by atoms with Crippen molar-refractivity contribution in [3.8, 4) is 11.5 Å². The van der Waals surface area contributed by atoms with E-state index in [2.05, 4.69) is 15.2 Å². The third kappa shape index (κ3) is 7.66. The van der Waals surface area contributed by atoms with Gasteiger partial charge in [0.25, 0.3) is 0 Å². The Balaban J connectivity index is 1.71. The van der Waals surface area contributed by atoms with E-state index in [0.29, 0.717) is 35.8 Å². The fourth-order valence-corrected chi connectivity index (χ4v) is 4.67. The number of hydrazone groups is 1. The number of benzene rings is 3. The lowest BCUT2D eigenvalue weighted by Crippen LogP contribution is -2.32. The summed E-state index contributed by atoms with van der Waals surface area (Å²) in [6.07, 6.45) is 1.35. The zero-order valence-corrected chi connectivity index (χ0v) is 21.4. The highest BCUT2D eigenvalue weighted by Gasteiger charge is 2.23. The normalized spacial score (nSPS) is 12.3. The van der Waals surface area contributed by atoms with Crippen LogP contribution >= 0.6 is 0 Å². The van der Waals surface area contributed by atoms with Crippen LogP contribution in [-0.2, 0) is 14.8 Å². The first-order chi connectivity index (χ1) is 17.3. The van der Waals surface area contributed by atoms with Gasteiger partial charge >= 0.3 is 0 Å². The summed E-state index contributed by atoms with van der Waals surface area (Å²) in [5.41, 5.74) is 4.81. The number of rotatable bonds is 12. The van der Waals surface area contributed by atoms with Crippen molar-refractivity contribution >= 4 is 22.1 Å². The number of hydrogen-bond acceptors (Lipinski definition) is 6. The SMILES string of the molecule is CCOc1ccc(/C=N\NC(=O)C[C@@H](NS(=O)(=O)c2ccc(C)cc2)c2ccccc2)cc1OCC. The van der Waals surface area contributed by atoms with E-state index in [1.54, 1.807) is 54.6 Å². The van der Waals surface area contributed by atoms with Gasteiger partial charge in [-0.1, -0.05) is 48.0 Å². The molecule has 0 fully saturated rings. The molecule has 0 saturated heterocycles. The average Bonchev–Trinajstić information content (AvgIpc) is 2.86. The minimum absolute atomic E-state index is 0.132. The molecule has 0 aliphatic carbocycles. The highest BCUT2D eigenvalue weighted by molar-refractivity contribution is 7.89. The topological polar surface area (TPSA) is 106 Å². The quantitative estimate of drug-likeness (QED) is 0.279. The summed E-state index contributed by atoms with van der Waals surface area (Å²) in [4.78, 5) is 12.8. The summed E-state index contributed by atoms with van der Waals surface area (Å²) >= 11 is 0. The summed E-state index contributed by atoms with van der Waals surface area (Å²) in [7, 11) is -3.85. The van der Waals surface area contributed by atoms with E-state index >= 15 is 0 Å². The number of carbonyl (C=O) groups is 1. The molecule has 0 radical (unpaired) electrons. The van der Waals surface area contributed by atoms with Crippen molar-refractivity contribution in [2.24, 2.45) is 5.10 Å². The molecule has 3 rings (SSSR count). The molecule has 9 heteroatoms. The fraction of sp³-hybridized carbons (Fsp3) is 0.259. The minimum Gasteiger partial charge on any atom is -0.490 e. The first-order valence-corrected chi connectivity index (χ1v) is 13.2. The monoisotopic (exact) mass is 509 g/mol. The zero-order chi connectivity index (χ0) is 26.0. The van der Waals surface area contributed by atoms with Crippen molar-refractivity contribution in [1.82, 2.24) is 10.1 Å². The Hall–Kier alpha value is -3.69. The molecule has 3 aromatic rings. The van der Waals surface area contributed by atoms with E-state index in [4.69, 9.17) is 9.47 Å². The molecule has 0 aromatic heterocycles. The van der Waals surface area contributed by atoms with Crippen molar-refractivity contribution < 1.29 is 22.7 Å². The number of amides is 1. The fourth-order valence-electron chi connectivity index (χ4n) is 3.44. The standard InChI is InChI=1S/C27H31N3O5S/c1-4-34-25-16-13-21(17-26(25)35-5-2)19-28-29-27(31)18-24(22-9-7-6-8-10-22)30-36(32,33)23-14-11-20(3)12-15-23/h6-17,19,24,30H,4-5,18H2,1-3H3,(H,29,31)/b28-19-/t24-/m1/s1. The van der Waals surface area contributed by atoms with Crippen molar-refractivity contribution in [2.75, 3.05) is 13.2 Å². The molecule has 36 heavy (non-hydrogen) atoms. The molecule has 1 atom stereocenters. The van der Waals surface area contributed by atoms with Crippen LogP contribution in [0, 0.1) is 6.92 Å². The third-order valence-corrected chi connectivity index (χ3v) is 6.68. The summed E-state index contributed by atoms with van der Waals surface area (Å²) in [6, 6.07) is 20.1. The molecule has 0 spiro atoms. The average molecular weight is 510 g/mol. The highest BCUT2D eigenvalue weighted by atomic mass is 32.2. The molecule has 1 amide bonds. The molecule has 0 aliphatic rings. The Morgan fingerprint density at radius 3 is 2.28 bits per heavy atom. The van der Waals surface area contributed by atoms with Gasteiger partial charge in [-0.25, -0.2) is 18.6 Å². The molecular formula is C27H31N3O5S. The highest BCUT2D eigenvalue weighted by Crippen LogP contribution is 2.28. The van der Waals surface area contributed by atoms with E-state index in [1.165, 1.54) is 18.3 Å². The van der Waals surface area contributed by atoms with Gasteiger partial charge in [0, 0.05) is 6.42 Å². The third-order valence-electron chi connectivity index (χ3n) is 5.19. The molecule has 0 unspecified atom stereocenters. The summed E-state index contributed by atoms with van der Waals surface area (Å²) in [6.45, 7) is 6.65. The van der Waals surface area contributed by atoms with Crippen molar-refractivity contribution in [3.05, 3.63) is 89.5 Å². The van der Waals surface area contributed by atoms with Gasteiger partial charge in [-0.15, -0.1) is 0 Å². The van der Waals surface area contributed by atoms with Crippen LogP contribution in [0.2, 0.25) is 0 Å². The van der Waals surface area contributed by atoms with Crippen LogP contribution in [0.4, 0.5) is 0 Å². The van der Waals surface area contributed by atoms with Crippen LogP contribution < -0.4 is 19.6 Å². The van der Waals surface area contributed by atoms with Gasteiger partial charge in [0.1, 0.15) is 0 Å². The number of aryl methyl sites for hydroxylation is 1. The number of hydrogen-bond donors (Lipinski definition) is 2. The van der Waals surface area contributed by atoms with E-state index in [-0.39, 0.29) is 11.3 Å². The molecule has 2 N–H and O–H groups in total. The predicted molar refractivity (Wildman–Crippen MR) is 140 cm³/mol. The maximum Gasteiger partial charge on any atom is 0.242 e. The second-order valence-electron chi connectivity index (χ2n) is 7.97. The van der Waals surface area contributed by atoms with E-state index in [1.807, 2.05) is 26.8 Å². The number of carbonyl (C=O) groups excluding carboxylic acids is 1. The Kier molecular flexibility index (Phi) is 9.61. The largest absolute Gasteiger partial charge is 0.490 e. The van der Waals surface area contributed by atoms with Gasteiger partial charge in [-0.3, -0.25) is 4.79 Å². The number of ether oxygens (including phenoxy) is 2. The number of nitrogens with zero attached hydrogens (tertiary/aromatic N) is 1. The minimum atomic E-state index is -3.85. The lowest BCUT2D eigenvalue weighted by atomic mass is 10.0. The van der Waals surface area contributed by atoms with Crippen LogP contribution in [-0.4, -0.2) is 33.8 Å². The van der Waals surface area contributed by atoms with Crippen LogP contribution in [0.3, 0.4) is 0 Å². The number of nitrogens with one attached hydrogen (secondary N) is 2. The van der Waals surface area contributed by atoms with Gasteiger partial charge in [0.05, 0.1) is 30.4 Å². The van der Waals surface area contributed by atoms with Crippen LogP contribution in [0.15, 0.2) is 82.8 Å². The molecule has 0 heterocycles. The van der Waals surface area contributed by atoms with E-state index in [9.17, 15) is 13.2 Å². The molecule has 0 bridgehead atoms. The maximum absolute atomic E-state index is 13.0. The van der Waals surface area contributed by atoms with Gasteiger partial charge in [0.15, 0.2) is 11.5 Å². The molecule has 190 valence electrons. The van der Waals surface area contributed by atoms with Crippen LogP contribution in [0.1, 0.15) is 43.0 Å².